The quantitative estimate of drug-likeness (QED) is 0.379. The Balaban J connectivity index is 2.88. The zero-order valence-electron chi connectivity index (χ0n) is 6.11. The van der Waals surface area contributed by atoms with Crippen molar-refractivity contribution < 1.29 is 9.94 Å². The van der Waals surface area contributed by atoms with Crippen LogP contribution in [0.4, 0.5) is 0 Å². The molecule has 4 heteroatoms. The molecule has 3 nitrogen and oxygen atoms in total. The topological polar surface area (TPSA) is 37.0 Å². The van der Waals surface area contributed by atoms with Gasteiger partial charge in [0, 0.05) is 17.0 Å². The summed E-state index contributed by atoms with van der Waals surface area (Å²) >= 11 is 5.79. The van der Waals surface area contributed by atoms with Gasteiger partial charge in [0.15, 0.2) is 0 Å². The third-order valence-electron chi connectivity index (χ3n) is 1.64. The normalized spacial score (nSPS) is 10.4. The molecule has 1 N–H and O–H groups in total. The van der Waals surface area contributed by atoms with Crippen LogP contribution >= 0.6 is 11.6 Å². The molecule has 0 saturated heterocycles. The first-order chi connectivity index (χ1) is 5.77. The molecule has 2 aromatic heterocycles. The number of rotatable bonds is 0. The van der Waals surface area contributed by atoms with E-state index in [2.05, 4.69) is 4.98 Å². The van der Waals surface area contributed by atoms with E-state index in [1.54, 1.807) is 18.5 Å². The van der Waals surface area contributed by atoms with E-state index in [4.69, 9.17) is 16.8 Å². The predicted octanol–water partition coefficient (Wildman–Crippen LogP) is 1.41. The molecule has 0 radical (unpaired) electrons. The molecule has 0 saturated carbocycles. The monoisotopic (exact) mass is 181 g/mol. The highest BCUT2D eigenvalue weighted by atomic mass is 35.5. The third kappa shape index (κ3) is 1.08. The fraction of sp³-hybridized carbons (Fsp3) is 0. The largest absolute Gasteiger partial charge is 0.285 e. The highest BCUT2D eigenvalue weighted by Gasteiger charge is 2.04. The second-order valence-corrected chi connectivity index (χ2v) is 2.79. The van der Waals surface area contributed by atoms with E-state index in [0.29, 0.717) is 5.15 Å². The summed E-state index contributed by atoms with van der Waals surface area (Å²) in [5.74, 6) is 0. The van der Waals surface area contributed by atoms with Crippen molar-refractivity contribution >= 4 is 22.4 Å². The van der Waals surface area contributed by atoms with Crippen LogP contribution in [0.5, 0.6) is 0 Å². The SMILES string of the molecule is O[n+]1ccc2ccnc(Cl)c2c1. The second-order valence-electron chi connectivity index (χ2n) is 2.43. The van der Waals surface area contributed by atoms with E-state index in [9.17, 15) is 0 Å². The summed E-state index contributed by atoms with van der Waals surface area (Å²) in [6.07, 6.45) is 4.69. The Kier molecular flexibility index (Phi) is 1.59. The van der Waals surface area contributed by atoms with Crippen LogP contribution in [-0.4, -0.2) is 10.2 Å². The summed E-state index contributed by atoms with van der Waals surface area (Å²) in [7, 11) is 0. The number of hydrogen-bond donors (Lipinski definition) is 1. The summed E-state index contributed by atoms with van der Waals surface area (Å²) < 4.78 is 0.954. The van der Waals surface area contributed by atoms with Crippen molar-refractivity contribution in [3.63, 3.8) is 0 Å². The van der Waals surface area contributed by atoms with Crippen LogP contribution in [0.3, 0.4) is 0 Å². The van der Waals surface area contributed by atoms with Gasteiger partial charge in [0.05, 0.1) is 5.39 Å². The first-order valence-electron chi connectivity index (χ1n) is 3.42. The molecule has 0 unspecified atom stereocenters. The van der Waals surface area contributed by atoms with E-state index < -0.39 is 0 Å². The van der Waals surface area contributed by atoms with Gasteiger partial charge in [-0.3, -0.25) is 5.21 Å². The number of hydrogen-bond acceptors (Lipinski definition) is 2. The Bertz CT molecular complexity index is 430. The highest BCUT2D eigenvalue weighted by molar-refractivity contribution is 6.34. The lowest BCUT2D eigenvalue weighted by atomic mass is 10.2. The minimum Gasteiger partial charge on any atom is -0.285 e. The fourth-order valence-electron chi connectivity index (χ4n) is 1.07. The summed E-state index contributed by atoms with van der Waals surface area (Å²) in [6.45, 7) is 0. The van der Waals surface area contributed by atoms with Gasteiger partial charge in [-0.25, -0.2) is 4.98 Å². The lowest BCUT2D eigenvalue weighted by molar-refractivity contribution is -0.903. The third-order valence-corrected chi connectivity index (χ3v) is 1.94. The van der Waals surface area contributed by atoms with E-state index >= 15 is 0 Å². The molecule has 0 bridgehead atoms. The molecule has 60 valence electrons. The van der Waals surface area contributed by atoms with Crippen LogP contribution in [-0.2, 0) is 0 Å². The molecule has 2 heterocycles. The molecule has 2 rings (SSSR count). The summed E-state index contributed by atoms with van der Waals surface area (Å²) in [4.78, 5) is 3.89. The maximum absolute atomic E-state index is 9.08. The molecular formula is C8H6ClN2O+. The van der Waals surface area contributed by atoms with Crippen molar-refractivity contribution in [1.82, 2.24) is 4.98 Å². The molecule has 0 amide bonds. The van der Waals surface area contributed by atoms with Crippen molar-refractivity contribution in [2.24, 2.45) is 0 Å². The molecule has 0 aliphatic carbocycles. The number of aromatic nitrogens is 2. The van der Waals surface area contributed by atoms with Crippen LogP contribution < -0.4 is 4.73 Å². The van der Waals surface area contributed by atoms with Gasteiger partial charge in [-0.15, -0.1) is 0 Å². The number of fused-ring (bicyclic) bond motifs is 1. The highest BCUT2D eigenvalue weighted by Crippen LogP contribution is 2.17. The van der Waals surface area contributed by atoms with Gasteiger partial charge in [-0.1, -0.05) is 11.6 Å². The first kappa shape index (κ1) is 7.31. The molecule has 0 aliphatic rings. The Morgan fingerprint density at radius 1 is 1.42 bits per heavy atom. The molecule has 2 aromatic rings. The predicted molar refractivity (Wildman–Crippen MR) is 44.1 cm³/mol. The van der Waals surface area contributed by atoms with Crippen LogP contribution in [0.2, 0.25) is 5.15 Å². The van der Waals surface area contributed by atoms with E-state index in [-0.39, 0.29) is 0 Å². The Morgan fingerprint density at radius 3 is 3.08 bits per heavy atom. The molecular weight excluding hydrogens is 176 g/mol. The second kappa shape index (κ2) is 2.60. The minimum atomic E-state index is 0.399. The van der Waals surface area contributed by atoms with Crippen LogP contribution in [0.15, 0.2) is 30.7 Å². The van der Waals surface area contributed by atoms with Gasteiger partial charge in [-0.2, -0.15) is 0 Å². The Labute approximate surface area is 73.8 Å². The van der Waals surface area contributed by atoms with Crippen molar-refractivity contribution in [2.45, 2.75) is 0 Å². The lowest BCUT2D eigenvalue weighted by Crippen LogP contribution is -2.27. The maximum Gasteiger partial charge on any atom is 0.233 e. The molecule has 0 aromatic carbocycles. The van der Waals surface area contributed by atoms with Crippen LogP contribution in [0.25, 0.3) is 10.8 Å². The van der Waals surface area contributed by atoms with Gasteiger partial charge in [0.2, 0.25) is 12.4 Å². The standard InChI is InChI=1S/C8H6ClN2O/c9-8-7-5-11(12)4-2-6(7)1-3-10-8/h1-5,12H/q+1. The van der Waals surface area contributed by atoms with Crippen molar-refractivity contribution in [3.8, 4) is 0 Å². The van der Waals surface area contributed by atoms with Gasteiger partial charge in [-0.05, 0) is 11.5 Å². The van der Waals surface area contributed by atoms with Crippen molar-refractivity contribution in [1.29, 1.82) is 0 Å². The van der Waals surface area contributed by atoms with Crippen LogP contribution in [0, 0.1) is 0 Å². The molecule has 0 spiro atoms. The molecule has 0 fully saturated rings. The average molecular weight is 182 g/mol. The number of nitrogens with zero attached hydrogens (tertiary/aromatic N) is 2. The van der Waals surface area contributed by atoms with E-state index in [1.807, 2.05) is 6.07 Å². The average Bonchev–Trinajstić information content (AvgIpc) is 2.07. The summed E-state index contributed by atoms with van der Waals surface area (Å²) in [6, 6.07) is 3.60. The Hall–Kier alpha value is -1.35. The van der Waals surface area contributed by atoms with Gasteiger partial charge in [0.1, 0.15) is 5.15 Å². The molecule has 0 aliphatic heterocycles. The summed E-state index contributed by atoms with van der Waals surface area (Å²) in [5, 5.41) is 11.2. The van der Waals surface area contributed by atoms with E-state index in [0.717, 1.165) is 15.5 Å². The fourth-order valence-corrected chi connectivity index (χ4v) is 1.28. The Morgan fingerprint density at radius 2 is 2.25 bits per heavy atom. The smallest absolute Gasteiger partial charge is 0.233 e. The van der Waals surface area contributed by atoms with Crippen molar-refractivity contribution in [2.75, 3.05) is 0 Å². The zero-order valence-corrected chi connectivity index (χ0v) is 6.86. The van der Waals surface area contributed by atoms with Crippen molar-refractivity contribution in [3.05, 3.63) is 35.9 Å². The van der Waals surface area contributed by atoms with Gasteiger partial charge >= 0.3 is 0 Å². The number of pyridine rings is 2. The van der Waals surface area contributed by atoms with Gasteiger partial charge < -0.3 is 0 Å². The first-order valence-corrected chi connectivity index (χ1v) is 3.80. The maximum atomic E-state index is 9.08. The molecule has 12 heavy (non-hydrogen) atoms. The van der Waals surface area contributed by atoms with Gasteiger partial charge in [0.25, 0.3) is 0 Å². The lowest BCUT2D eigenvalue weighted by Gasteiger charge is -1.94. The number of halogens is 1. The van der Waals surface area contributed by atoms with Crippen LogP contribution in [0.1, 0.15) is 0 Å². The zero-order chi connectivity index (χ0) is 8.55. The summed E-state index contributed by atoms with van der Waals surface area (Å²) in [5.41, 5.74) is 0. The minimum absolute atomic E-state index is 0.399. The van der Waals surface area contributed by atoms with E-state index in [1.165, 1.54) is 6.20 Å². The molecule has 0 atom stereocenters.